The molecular weight excluding hydrogens is 630 g/mol. The first-order chi connectivity index (χ1) is 24.4. The lowest BCUT2D eigenvalue weighted by Crippen LogP contribution is -2.20. The van der Waals surface area contributed by atoms with E-state index in [1.165, 1.54) is 31.8 Å². The molecule has 0 heterocycles. The van der Waals surface area contributed by atoms with E-state index in [4.69, 9.17) is 23.7 Å². The predicted molar refractivity (Wildman–Crippen MR) is 201 cm³/mol. The number of ether oxygens (including phenoxy) is 5. The van der Waals surface area contributed by atoms with Gasteiger partial charge in [-0.1, -0.05) is 87.1 Å². The zero-order valence-electron chi connectivity index (χ0n) is 30.2. The average molecular weight is 684 g/mol. The Bertz CT molecular complexity index is 1620. The minimum atomic E-state index is -0.366. The Morgan fingerprint density at radius 2 is 1.12 bits per heavy atom. The van der Waals surface area contributed by atoms with E-state index in [0.29, 0.717) is 36.0 Å². The van der Waals surface area contributed by atoms with E-state index in [1.807, 2.05) is 48.5 Å². The number of carbonyl (C=O) groups excluding carboxylic acids is 2. The third-order valence-corrected chi connectivity index (χ3v) is 8.92. The number of unbranched alkanes of at least 4 members (excludes halogenated alkanes) is 8. The average Bonchev–Trinajstić information content (AvgIpc) is 3.14. The molecule has 0 bridgehead atoms. The molecule has 0 aliphatic heterocycles. The highest BCUT2D eigenvalue weighted by atomic mass is 16.5. The van der Waals surface area contributed by atoms with Crippen LogP contribution in [0.15, 0.2) is 72.8 Å². The van der Waals surface area contributed by atoms with E-state index in [2.05, 4.69) is 18.0 Å². The summed E-state index contributed by atoms with van der Waals surface area (Å²) in [5.41, 5.74) is 1.42. The van der Waals surface area contributed by atoms with Crippen molar-refractivity contribution in [3.63, 3.8) is 0 Å². The van der Waals surface area contributed by atoms with Crippen molar-refractivity contribution in [1.82, 2.24) is 4.90 Å². The summed E-state index contributed by atoms with van der Waals surface area (Å²) in [6.07, 6.45) is 13.9. The molecule has 0 aliphatic rings. The van der Waals surface area contributed by atoms with Gasteiger partial charge in [-0.25, -0.2) is 9.59 Å². The smallest absolute Gasteiger partial charge is 0.339 e. The second-order valence-electron chi connectivity index (χ2n) is 12.6. The number of methoxy groups -OCH3 is 3. The maximum Gasteiger partial charge on any atom is 0.339 e. The largest absolute Gasteiger partial charge is 0.493 e. The first-order valence-corrected chi connectivity index (χ1v) is 17.9. The van der Waals surface area contributed by atoms with Crippen molar-refractivity contribution in [3.05, 3.63) is 83.9 Å². The van der Waals surface area contributed by atoms with Gasteiger partial charge in [0.2, 0.25) is 5.75 Å². The quantitative estimate of drug-likeness (QED) is 0.0351. The zero-order valence-corrected chi connectivity index (χ0v) is 30.2. The van der Waals surface area contributed by atoms with Gasteiger partial charge in [0.25, 0.3) is 0 Å². The molecule has 8 heteroatoms. The van der Waals surface area contributed by atoms with Crippen LogP contribution in [0, 0.1) is 0 Å². The molecule has 0 saturated carbocycles. The fourth-order valence-corrected chi connectivity index (χ4v) is 6.19. The molecule has 50 heavy (non-hydrogen) atoms. The normalized spacial score (nSPS) is 11.4. The maximum absolute atomic E-state index is 13.1. The van der Waals surface area contributed by atoms with E-state index in [-0.39, 0.29) is 11.9 Å². The van der Waals surface area contributed by atoms with E-state index >= 15 is 0 Å². The third-order valence-electron chi connectivity index (χ3n) is 8.92. The van der Waals surface area contributed by atoms with Gasteiger partial charge in [0.05, 0.1) is 40.1 Å². The Kier molecular flexibility index (Phi) is 15.9. The van der Waals surface area contributed by atoms with Gasteiger partial charge >= 0.3 is 11.9 Å². The van der Waals surface area contributed by atoms with Crippen LogP contribution in [0.2, 0.25) is 0 Å². The van der Waals surface area contributed by atoms with Gasteiger partial charge in [-0.2, -0.15) is 0 Å². The summed E-state index contributed by atoms with van der Waals surface area (Å²) in [6, 6.07) is 21.7. The van der Waals surface area contributed by atoms with Crippen LogP contribution < -0.4 is 14.2 Å². The summed E-state index contributed by atoms with van der Waals surface area (Å²) < 4.78 is 27.2. The number of hydrogen-bond acceptors (Lipinski definition) is 8. The summed E-state index contributed by atoms with van der Waals surface area (Å²) in [7, 11) is 6.86. The second-order valence-corrected chi connectivity index (χ2v) is 12.6. The number of nitrogens with zero attached hydrogens (tertiary/aromatic N) is 1. The van der Waals surface area contributed by atoms with Crippen LogP contribution in [0.3, 0.4) is 0 Å². The molecule has 0 atom stereocenters. The van der Waals surface area contributed by atoms with Crippen LogP contribution in [0.4, 0.5) is 0 Å². The minimum absolute atomic E-state index is 0.235. The first kappa shape index (κ1) is 38.2. The highest BCUT2D eigenvalue weighted by Gasteiger charge is 2.16. The molecule has 0 N–H and O–H groups in total. The van der Waals surface area contributed by atoms with Crippen LogP contribution in [0.5, 0.6) is 17.2 Å². The molecule has 0 aliphatic carbocycles. The lowest BCUT2D eigenvalue weighted by Gasteiger charge is -2.16. The minimum Gasteiger partial charge on any atom is -0.493 e. The Morgan fingerprint density at radius 1 is 0.620 bits per heavy atom. The van der Waals surface area contributed by atoms with E-state index in [1.54, 1.807) is 39.5 Å². The topological polar surface area (TPSA) is 83.5 Å². The molecule has 4 aromatic rings. The van der Waals surface area contributed by atoms with Crippen molar-refractivity contribution in [1.29, 1.82) is 0 Å². The second kappa shape index (κ2) is 20.8. The molecule has 0 radical (unpaired) electrons. The first-order valence-electron chi connectivity index (χ1n) is 17.9. The van der Waals surface area contributed by atoms with Gasteiger partial charge in [0, 0.05) is 6.08 Å². The van der Waals surface area contributed by atoms with Gasteiger partial charge in [-0.15, -0.1) is 0 Å². The molecule has 0 spiro atoms. The standard InChI is InChI=1S/C42H53NO7/c1-43(25-15-7-5-9-17-27-49-39(44)24-23-32-29-37(46-2)41(48-4)38(30-32)47-3)26-16-8-6-10-18-28-50-42(45)40-35-21-13-11-19-33(35)31-34-20-12-14-22-36(34)40/h11-14,19-24,29-31H,5-10,15-18,25-28H2,1-4H3/b24-23+. The van der Waals surface area contributed by atoms with Crippen LogP contribution in [-0.2, 0) is 14.3 Å². The molecule has 268 valence electrons. The molecule has 4 rings (SSSR count). The lowest BCUT2D eigenvalue weighted by atomic mass is 9.97. The number of carbonyl (C=O) groups is 2. The number of hydrogen-bond donors (Lipinski definition) is 0. The Labute approximate surface area is 297 Å². The van der Waals surface area contributed by atoms with Crippen LogP contribution >= 0.6 is 0 Å². The van der Waals surface area contributed by atoms with Crippen LogP contribution in [0.1, 0.15) is 80.1 Å². The van der Waals surface area contributed by atoms with Crippen molar-refractivity contribution in [2.24, 2.45) is 0 Å². The van der Waals surface area contributed by atoms with Gasteiger partial charge in [-0.3, -0.25) is 0 Å². The van der Waals surface area contributed by atoms with Crippen LogP contribution in [0.25, 0.3) is 27.6 Å². The monoisotopic (exact) mass is 683 g/mol. The molecule has 0 fully saturated rings. The fourth-order valence-electron chi connectivity index (χ4n) is 6.19. The van der Waals surface area contributed by atoms with E-state index < -0.39 is 0 Å². The maximum atomic E-state index is 13.1. The molecule has 0 amide bonds. The summed E-state index contributed by atoms with van der Waals surface area (Å²) in [6.45, 7) is 3.07. The van der Waals surface area contributed by atoms with Crippen molar-refractivity contribution in [2.45, 2.75) is 64.2 Å². The summed E-state index contributed by atoms with van der Waals surface area (Å²) in [5, 5.41) is 4.00. The van der Waals surface area contributed by atoms with Crippen LogP contribution in [-0.4, -0.2) is 71.5 Å². The summed E-state index contributed by atoms with van der Waals surface area (Å²) in [5.74, 6) is 0.966. The van der Waals surface area contributed by atoms with Gasteiger partial charge in [0.1, 0.15) is 0 Å². The number of fused-ring (bicyclic) bond motifs is 2. The SMILES string of the molecule is COc1cc(/C=C/C(=O)OCCCCCCCN(C)CCCCCCCOC(=O)c2c3ccccc3cc3ccccc23)cc(OC)c1OC. The molecule has 8 nitrogen and oxygen atoms in total. The van der Waals surface area contributed by atoms with Crippen molar-refractivity contribution >= 4 is 39.6 Å². The molecular formula is C42H53NO7. The van der Waals surface area contributed by atoms with Gasteiger partial charge < -0.3 is 28.6 Å². The van der Waals surface area contributed by atoms with Crippen molar-refractivity contribution in [2.75, 3.05) is 54.7 Å². The van der Waals surface area contributed by atoms with Gasteiger partial charge in [-0.05, 0) is 97.2 Å². The van der Waals surface area contributed by atoms with Crippen molar-refractivity contribution < 1.29 is 33.3 Å². The lowest BCUT2D eigenvalue weighted by molar-refractivity contribution is -0.137. The third kappa shape index (κ3) is 11.5. The number of benzene rings is 4. The van der Waals surface area contributed by atoms with E-state index in [0.717, 1.165) is 78.7 Å². The zero-order chi connectivity index (χ0) is 35.6. The summed E-state index contributed by atoms with van der Waals surface area (Å²) in [4.78, 5) is 27.7. The molecule has 0 unspecified atom stereocenters. The highest BCUT2D eigenvalue weighted by molar-refractivity contribution is 6.16. The molecule has 4 aromatic carbocycles. The Hall–Kier alpha value is -4.56. The molecule has 0 aromatic heterocycles. The van der Waals surface area contributed by atoms with Gasteiger partial charge in [0.15, 0.2) is 11.5 Å². The van der Waals surface area contributed by atoms with Crippen molar-refractivity contribution in [3.8, 4) is 17.2 Å². The predicted octanol–water partition coefficient (Wildman–Crippen LogP) is 9.27. The number of esters is 2. The molecule has 0 saturated heterocycles. The highest BCUT2D eigenvalue weighted by Crippen LogP contribution is 2.38. The van der Waals surface area contributed by atoms with E-state index in [9.17, 15) is 9.59 Å². The summed E-state index contributed by atoms with van der Waals surface area (Å²) >= 11 is 0. The fraction of sp³-hybridized carbons (Fsp3) is 0.429. The Balaban J connectivity index is 0.990. The Morgan fingerprint density at radius 3 is 1.66 bits per heavy atom. The number of rotatable bonds is 22.